The molecule has 0 aliphatic rings. The zero-order valence-electron chi connectivity index (χ0n) is 60.6. The maximum absolute atomic E-state index is 13.1. The predicted molar refractivity (Wildman–Crippen MR) is 381 cm³/mol. The number of carbonyl (C=O) groups is 4. The molecule has 0 saturated heterocycles. The van der Waals surface area contributed by atoms with Gasteiger partial charge in [-0.25, -0.2) is 9.13 Å². The Morgan fingerprint density at radius 1 is 0.330 bits per heavy atom. The van der Waals surface area contributed by atoms with E-state index < -0.39 is 97.5 Å². The normalized spacial score (nSPS) is 14.1. The van der Waals surface area contributed by atoms with Gasteiger partial charge in [0.25, 0.3) is 0 Å². The highest BCUT2D eigenvalue weighted by Crippen LogP contribution is 2.45. The van der Waals surface area contributed by atoms with Crippen molar-refractivity contribution in [3.05, 3.63) is 24.3 Å². The number of esters is 4. The molecule has 5 atom stereocenters. The average molecular weight is 1380 g/mol. The van der Waals surface area contributed by atoms with Gasteiger partial charge in [-0.05, 0) is 57.3 Å². The van der Waals surface area contributed by atoms with Crippen LogP contribution >= 0.6 is 15.6 Å². The lowest BCUT2D eigenvalue weighted by Gasteiger charge is -2.21. The average Bonchev–Trinajstić information content (AvgIpc) is 1.52. The molecule has 0 aromatic heterocycles. The second kappa shape index (κ2) is 67.7. The van der Waals surface area contributed by atoms with Crippen molar-refractivity contribution in [2.75, 3.05) is 39.6 Å². The van der Waals surface area contributed by atoms with E-state index in [-0.39, 0.29) is 25.7 Å². The van der Waals surface area contributed by atoms with E-state index in [0.717, 1.165) is 121 Å². The fourth-order valence-electron chi connectivity index (χ4n) is 11.0. The van der Waals surface area contributed by atoms with Gasteiger partial charge in [0.15, 0.2) is 12.2 Å². The lowest BCUT2D eigenvalue weighted by Crippen LogP contribution is -2.30. The number of allylic oxidation sites excluding steroid dienone is 4. The van der Waals surface area contributed by atoms with Crippen LogP contribution in [0.25, 0.3) is 0 Å². The highest BCUT2D eigenvalue weighted by molar-refractivity contribution is 7.47. The molecule has 17 nitrogen and oxygen atoms in total. The highest BCUT2D eigenvalue weighted by atomic mass is 31.2. The molecule has 3 N–H and O–H groups in total. The smallest absolute Gasteiger partial charge is 0.462 e. The molecule has 0 rings (SSSR count). The molecule has 0 heterocycles. The van der Waals surface area contributed by atoms with Crippen LogP contribution in [0.4, 0.5) is 0 Å². The van der Waals surface area contributed by atoms with Gasteiger partial charge in [-0.15, -0.1) is 0 Å². The molecule has 554 valence electrons. The number of hydrogen-bond acceptors (Lipinski definition) is 15. The first kappa shape index (κ1) is 91.5. The first-order valence-electron chi connectivity index (χ1n) is 38.5. The molecule has 0 aliphatic carbocycles. The van der Waals surface area contributed by atoms with Crippen LogP contribution in [0.2, 0.25) is 0 Å². The Balaban J connectivity index is 5.17. The minimum Gasteiger partial charge on any atom is -0.462 e. The minimum atomic E-state index is -4.96. The zero-order valence-corrected chi connectivity index (χ0v) is 62.4. The predicted octanol–water partition coefficient (Wildman–Crippen LogP) is 21.6. The van der Waals surface area contributed by atoms with Gasteiger partial charge in [-0.1, -0.05) is 316 Å². The van der Waals surface area contributed by atoms with E-state index in [9.17, 15) is 43.2 Å². The number of carbonyl (C=O) groups excluding carboxylic acids is 4. The number of aliphatic hydroxyl groups excluding tert-OH is 1. The van der Waals surface area contributed by atoms with E-state index >= 15 is 0 Å². The second-order valence-electron chi connectivity index (χ2n) is 26.8. The summed E-state index contributed by atoms with van der Waals surface area (Å²) in [5, 5.41) is 10.6. The number of hydrogen-bond donors (Lipinski definition) is 3. The second-order valence-corrected chi connectivity index (χ2v) is 29.7. The Hall–Kier alpha value is -2.46. The molecule has 0 amide bonds. The monoisotopic (exact) mass is 1380 g/mol. The Morgan fingerprint density at radius 3 is 0.872 bits per heavy atom. The first-order chi connectivity index (χ1) is 45.5. The van der Waals surface area contributed by atoms with E-state index in [0.29, 0.717) is 25.7 Å². The third kappa shape index (κ3) is 68.1. The molecule has 0 aliphatic heterocycles. The lowest BCUT2D eigenvalue weighted by molar-refractivity contribution is -0.161. The van der Waals surface area contributed by atoms with E-state index in [1.165, 1.54) is 167 Å². The molecular formula is C75H142O17P2. The van der Waals surface area contributed by atoms with Crippen LogP contribution in [0.3, 0.4) is 0 Å². The van der Waals surface area contributed by atoms with Crippen LogP contribution in [0, 0.1) is 5.92 Å². The fourth-order valence-corrected chi connectivity index (χ4v) is 12.6. The third-order valence-electron chi connectivity index (χ3n) is 16.9. The van der Waals surface area contributed by atoms with E-state index in [2.05, 4.69) is 58.9 Å². The van der Waals surface area contributed by atoms with Crippen molar-refractivity contribution in [1.82, 2.24) is 0 Å². The van der Waals surface area contributed by atoms with Gasteiger partial charge in [0.05, 0.1) is 26.4 Å². The largest absolute Gasteiger partial charge is 0.472 e. The van der Waals surface area contributed by atoms with Crippen molar-refractivity contribution in [3.63, 3.8) is 0 Å². The number of rotatable bonds is 73. The molecule has 0 fully saturated rings. The van der Waals surface area contributed by atoms with Crippen LogP contribution < -0.4 is 0 Å². The summed E-state index contributed by atoms with van der Waals surface area (Å²) in [7, 11) is -9.91. The standard InChI is InChI=1S/C75H142O17P2/c1-6-9-12-15-17-19-21-23-27-32-36-40-44-49-54-59-73(78)86-65-71(92-75(80)61-56-51-46-42-38-34-30-26-25-29-31-35-39-43-48-52-57-68(4)5)67-90-94(83,84)88-63-69(76)62-87-93(81,82)89-66-70(64-85-72(77)58-53-47-14-11-8-3)91-74(79)60-55-50-45-41-37-33-28-24-22-20-18-16-13-10-7-2/h19,21,23,27,68-71,76H,6-18,20,22,24-26,28-67H2,1-5H3,(H,81,82)(H,83,84)/b21-19-,27-23-/t69-,70+,71+/m0/s1. The first-order valence-corrected chi connectivity index (χ1v) is 41.4. The number of unbranched alkanes of at least 4 members (excludes halogenated alkanes) is 42. The third-order valence-corrected chi connectivity index (χ3v) is 18.8. The maximum atomic E-state index is 13.1. The summed E-state index contributed by atoms with van der Waals surface area (Å²) < 4.78 is 68.2. The summed E-state index contributed by atoms with van der Waals surface area (Å²) in [5.41, 5.74) is 0. The van der Waals surface area contributed by atoms with Gasteiger partial charge in [-0.2, -0.15) is 0 Å². The molecule has 0 aromatic carbocycles. The molecule has 19 heteroatoms. The van der Waals surface area contributed by atoms with Crippen LogP contribution in [0.5, 0.6) is 0 Å². The molecule has 0 bridgehead atoms. The van der Waals surface area contributed by atoms with Crippen molar-refractivity contribution in [1.29, 1.82) is 0 Å². The van der Waals surface area contributed by atoms with Crippen molar-refractivity contribution in [2.24, 2.45) is 5.92 Å². The molecule has 0 saturated carbocycles. The van der Waals surface area contributed by atoms with E-state index in [1.807, 2.05) is 0 Å². The van der Waals surface area contributed by atoms with Gasteiger partial charge >= 0.3 is 39.5 Å². The van der Waals surface area contributed by atoms with Gasteiger partial charge in [0, 0.05) is 25.7 Å². The van der Waals surface area contributed by atoms with E-state index in [4.69, 9.17) is 37.0 Å². The lowest BCUT2D eigenvalue weighted by atomic mass is 10.0. The Labute approximate surface area is 573 Å². The molecule has 94 heavy (non-hydrogen) atoms. The topological polar surface area (TPSA) is 237 Å². The summed E-state index contributed by atoms with van der Waals surface area (Å²) >= 11 is 0. The van der Waals surface area contributed by atoms with Gasteiger partial charge < -0.3 is 33.8 Å². The van der Waals surface area contributed by atoms with Gasteiger partial charge in [0.1, 0.15) is 19.3 Å². The molecular weight excluding hydrogens is 1230 g/mol. The quantitative estimate of drug-likeness (QED) is 0.0169. The van der Waals surface area contributed by atoms with E-state index in [1.54, 1.807) is 0 Å². The van der Waals surface area contributed by atoms with Crippen LogP contribution in [0.15, 0.2) is 24.3 Å². The molecule has 0 aromatic rings. The molecule has 0 spiro atoms. The SMILES string of the molecule is CCCCCC/C=C\C=C/CCCCCCCC(=O)OC[C@H](COP(=O)(O)OC[C@@H](O)COP(=O)(O)OC[C@@H](COC(=O)CCCCCCC)OC(=O)CCCCCCCCCCCCCCCCC)OC(=O)CCCCCCCCCCCCCCCCCCC(C)C. The zero-order chi connectivity index (χ0) is 69.1. The number of aliphatic hydroxyl groups is 1. The maximum Gasteiger partial charge on any atom is 0.472 e. The molecule has 2 unspecified atom stereocenters. The van der Waals surface area contributed by atoms with Crippen LogP contribution in [-0.4, -0.2) is 96.7 Å². The van der Waals surface area contributed by atoms with Crippen molar-refractivity contribution in [2.45, 2.75) is 387 Å². The summed E-state index contributed by atoms with van der Waals surface area (Å²) in [6.07, 6.45) is 59.4. The number of phosphoric ester groups is 2. The van der Waals surface area contributed by atoms with Crippen LogP contribution in [-0.2, 0) is 65.4 Å². The van der Waals surface area contributed by atoms with Gasteiger partial charge in [-0.3, -0.25) is 37.3 Å². The number of phosphoric acid groups is 2. The van der Waals surface area contributed by atoms with Gasteiger partial charge in [0.2, 0.25) is 0 Å². The summed E-state index contributed by atoms with van der Waals surface area (Å²) in [6, 6.07) is 0. The Bertz CT molecular complexity index is 1900. The van der Waals surface area contributed by atoms with Crippen molar-refractivity contribution < 1.29 is 80.2 Å². The Morgan fingerprint density at radius 2 is 0.574 bits per heavy atom. The summed E-state index contributed by atoms with van der Waals surface area (Å²) in [6.45, 7) is 7.16. The van der Waals surface area contributed by atoms with Crippen molar-refractivity contribution in [3.8, 4) is 0 Å². The minimum absolute atomic E-state index is 0.101. The summed E-state index contributed by atoms with van der Waals surface area (Å²) in [4.78, 5) is 72.5. The Kier molecular flexibility index (Phi) is 65.9. The highest BCUT2D eigenvalue weighted by Gasteiger charge is 2.30. The fraction of sp³-hybridized carbons (Fsp3) is 0.893. The number of ether oxygens (including phenoxy) is 4. The van der Waals surface area contributed by atoms with Crippen molar-refractivity contribution >= 4 is 39.5 Å². The van der Waals surface area contributed by atoms with Crippen LogP contribution in [0.1, 0.15) is 369 Å². The molecule has 0 radical (unpaired) electrons. The summed E-state index contributed by atoms with van der Waals surface area (Å²) in [5.74, 6) is -1.35.